The zero-order valence-electron chi connectivity index (χ0n) is 11.9. The number of hydrogen-bond donors (Lipinski definition) is 1. The van der Waals surface area contributed by atoms with Crippen LogP contribution in [0.4, 0.5) is 0 Å². The third-order valence-electron chi connectivity index (χ3n) is 3.43. The largest absolute Gasteiger partial charge is 0.465 e. The molecule has 2 atom stereocenters. The Hall–Kier alpha value is -0.660. The minimum Gasteiger partial charge on any atom is -0.465 e. The second kappa shape index (κ2) is 7.21. The molecule has 0 aliphatic carbocycles. The van der Waals surface area contributed by atoms with Crippen molar-refractivity contribution in [1.29, 1.82) is 0 Å². The van der Waals surface area contributed by atoms with E-state index in [1.165, 1.54) is 0 Å². The smallest absolute Gasteiger partial charge is 0.323 e. The first-order valence-electron chi connectivity index (χ1n) is 6.68. The molecule has 7 heteroatoms. The lowest BCUT2D eigenvalue weighted by Gasteiger charge is -2.33. The van der Waals surface area contributed by atoms with Gasteiger partial charge in [-0.15, -0.1) is 0 Å². The van der Waals surface area contributed by atoms with E-state index in [4.69, 9.17) is 4.74 Å². The standard InChI is InChI=1S/C12H24N2O4S/c1-4-18-12(15)11(13-3)5-6-14-7-8-19(16,17)9-10(14)2/h10-11,13H,4-9H2,1-3H3. The van der Waals surface area contributed by atoms with Crippen molar-refractivity contribution in [2.45, 2.75) is 32.4 Å². The Morgan fingerprint density at radius 2 is 2.21 bits per heavy atom. The van der Waals surface area contributed by atoms with E-state index in [1.807, 2.05) is 6.92 Å². The lowest BCUT2D eigenvalue weighted by atomic mass is 10.2. The highest BCUT2D eigenvalue weighted by atomic mass is 32.2. The van der Waals surface area contributed by atoms with Crippen LogP contribution in [0.5, 0.6) is 0 Å². The van der Waals surface area contributed by atoms with Crippen LogP contribution in [0, 0.1) is 0 Å². The van der Waals surface area contributed by atoms with Crippen molar-refractivity contribution in [2.24, 2.45) is 0 Å². The molecule has 0 aromatic heterocycles. The van der Waals surface area contributed by atoms with Crippen molar-refractivity contribution in [3.05, 3.63) is 0 Å². The molecule has 1 fully saturated rings. The molecule has 0 spiro atoms. The van der Waals surface area contributed by atoms with Gasteiger partial charge >= 0.3 is 5.97 Å². The Balaban J connectivity index is 2.45. The summed E-state index contributed by atoms with van der Waals surface area (Å²) in [5, 5.41) is 2.94. The summed E-state index contributed by atoms with van der Waals surface area (Å²) in [5.74, 6) is 0.166. The first-order chi connectivity index (χ1) is 8.89. The number of nitrogens with zero attached hydrogens (tertiary/aromatic N) is 1. The summed E-state index contributed by atoms with van der Waals surface area (Å²) >= 11 is 0. The third kappa shape index (κ3) is 5.08. The second-order valence-corrected chi connectivity index (χ2v) is 7.11. The van der Waals surface area contributed by atoms with Crippen molar-refractivity contribution >= 4 is 15.8 Å². The molecule has 6 nitrogen and oxygen atoms in total. The predicted octanol–water partition coefficient (Wildman–Crippen LogP) is -0.353. The maximum atomic E-state index is 11.6. The minimum atomic E-state index is -2.88. The van der Waals surface area contributed by atoms with Crippen LogP contribution in [0.1, 0.15) is 20.3 Å². The van der Waals surface area contributed by atoms with Gasteiger partial charge in [-0.2, -0.15) is 0 Å². The maximum absolute atomic E-state index is 11.6. The van der Waals surface area contributed by atoms with Gasteiger partial charge in [-0.3, -0.25) is 9.69 Å². The van der Waals surface area contributed by atoms with E-state index in [1.54, 1.807) is 14.0 Å². The highest BCUT2D eigenvalue weighted by Crippen LogP contribution is 2.12. The van der Waals surface area contributed by atoms with Crippen molar-refractivity contribution < 1.29 is 17.9 Å². The monoisotopic (exact) mass is 292 g/mol. The Morgan fingerprint density at radius 1 is 1.53 bits per heavy atom. The lowest BCUT2D eigenvalue weighted by molar-refractivity contribution is -0.145. The molecule has 0 aromatic rings. The van der Waals surface area contributed by atoms with E-state index in [9.17, 15) is 13.2 Å². The van der Waals surface area contributed by atoms with E-state index >= 15 is 0 Å². The van der Waals surface area contributed by atoms with Gasteiger partial charge in [-0.25, -0.2) is 8.42 Å². The fourth-order valence-corrected chi connectivity index (χ4v) is 3.91. The van der Waals surface area contributed by atoms with E-state index in [0.717, 1.165) is 0 Å². The van der Waals surface area contributed by atoms with Gasteiger partial charge in [0.1, 0.15) is 6.04 Å². The van der Waals surface area contributed by atoms with Crippen LogP contribution >= 0.6 is 0 Å². The first kappa shape index (κ1) is 16.4. The number of rotatable bonds is 6. The van der Waals surface area contributed by atoms with E-state index in [0.29, 0.717) is 26.1 Å². The van der Waals surface area contributed by atoms with E-state index in [-0.39, 0.29) is 29.6 Å². The van der Waals surface area contributed by atoms with Crippen LogP contribution in [0.25, 0.3) is 0 Å². The van der Waals surface area contributed by atoms with E-state index < -0.39 is 9.84 Å². The third-order valence-corrected chi connectivity index (χ3v) is 5.23. The summed E-state index contributed by atoms with van der Waals surface area (Å²) < 4.78 is 27.9. The minimum absolute atomic E-state index is 0.0125. The highest BCUT2D eigenvalue weighted by Gasteiger charge is 2.29. The molecule has 0 saturated carbocycles. The molecule has 1 rings (SSSR count). The molecule has 0 bridgehead atoms. The zero-order chi connectivity index (χ0) is 14.5. The van der Waals surface area contributed by atoms with Crippen LogP contribution in [0.15, 0.2) is 0 Å². The average molecular weight is 292 g/mol. The van der Waals surface area contributed by atoms with Crippen LogP contribution in [0.3, 0.4) is 0 Å². The second-order valence-electron chi connectivity index (χ2n) is 4.88. The quantitative estimate of drug-likeness (QED) is 0.674. The van der Waals surface area contributed by atoms with Crippen LogP contribution in [-0.2, 0) is 19.4 Å². The number of likely N-dealkylation sites (N-methyl/N-ethyl adjacent to an activating group) is 1. The Kier molecular flexibility index (Phi) is 6.22. The highest BCUT2D eigenvalue weighted by molar-refractivity contribution is 7.91. The van der Waals surface area contributed by atoms with Crippen molar-refractivity contribution in [1.82, 2.24) is 10.2 Å². The van der Waals surface area contributed by atoms with Crippen LogP contribution < -0.4 is 5.32 Å². The SMILES string of the molecule is CCOC(=O)C(CCN1CCS(=O)(=O)CC1C)NC. The number of carbonyl (C=O) groups is 1. The maximum Gasteiger partial charge on any atom is 0.323 e. The van der Waals surface area contributed by atoms with Crippen molar-refractivity contribution in [3.63, 3.8) is 0 Å². The molecule has 1 N–H and O–H groups in total. The zero-order valence-corrected chi connectivity index (χ0v) is 12.7. The molecule has 1 aliphatic rings. The summed E-state index contributed by atoms with van der Waals surface area (Å²) in [6, 6.07) is -0.316. The number of carbonyl (C=O) groups excluding carboxylic acids is 1. The van der Waals surface area contributed by atoms with Crippen molar-refractivity contribution in [2.75, 3.05) is 38.2 Å². The van der Waals surface area contributed by atoms with Crippen LogP contribution in [-0.4, -0.2) is 69.6 Å². The fraction of sp³-hybridized carbons (Fsp3) is 0.917. The molecule has 1 saturated heterocycles. The van der Waals surface area contributed by atoms with Gasteiger partial charge in [0.05, 0.1) is 18.1 Å². The van der Waals surface area contributed by atoms with Gasteiger partial charge in [-0.1, -0.05) is 0 Å². The molecule has 0 aromatic carbocycles. The molecule has 0 radical (unpaired) electrons. The molecule has 1 heterocycles. The van der Waals surface area contributed by atoms with Gasteiger partial charge in [0.15, 0.2) is 9.84 Å². The summed E-state index contributed by atoms with van der Waals surface area (Å²) in [6.07, 6.45) is 0.625. The molecule has 19 heavy (non-hydrogen) atoms. The molecular formula is C12H24N2O4S. The number of hydrogen-bond acceptors (Lipinski definition) is 6. The summed E-state index contributed by atoms with van der Waals surface area (Å²) in [6.45, 7) is 5.30. The van der Waals surface area contributed by atoms with Crippen LogP contribution in [0.2, 0.25) is 0 Å². The van der Waals surface area contributed by atoms with Gasteiger partial charge in [0.25, 0.3) is 0 Å². The molecular weight excluding hydrogens is 268 g/mol. The molecule has 0 amide bonds. The van der Waals surface area contributed by atoms with Gasteiger partial charge in [0, 0.05) is 19.1 Å². The molecule has 112 valence electrons. The van der Waals surface area contributed by atoms with Crippen molar-refractivity contribution in [3.8, 4) is 0 Å². The Morgan fingerprint density at radius 3 is 2.74 bits per heavy atom. The summed E-state index contributed by atoms with van der Waals surface area (Å²) in [4.78, 5) is 13.7. The first-order valence-corrected chi connectivity index (χ1v) is 8.50. The Labute approximate surface area is 115 Å². The van der Waals surface area contributed by atoms with E-state index in [2.05, 4.69) is 10.2 Å². The number of esters is 1. The normalized spacial score (nSPS) is 24.9. The van der Waals surface area contributed by atoms with Gasteiger partial charge in [-0.05, 0) is 27.3 Å². The topological polar surface area (TPSA) is 75.7 Å². The summed E-state index contributed by atoms with van der Waals surface area (Å²) in [7, 11) is -1.15. The number of nitrogens with one attached hydrogen (secondary N) is 1. The number of sulfone groups is 1. The van der Waals surface area contributed by atoms with Gasteiger partial charge < -0.3 is 10.1 Å². The average Bonchev–Trinajstić information content (AvgIpc) is 2.32. The molecule has 1 aliphatic heterocycles. The summed E-state index contributed by atoms with van der Waals surface area (Å²) in [5.41, 5.74) is 0. The lowest BCUT2D eigenvalue weighted by Crippen LogP contribution is -2.49. The molecule has 2 unspecified atom stereocenters. The predicted molar refractivity (Wildman–Crippen MR) is 73.8 cm³/mol. The number of ether oxygens (including phenoxy) is 1. The fourth-order valence-electron chi connectivity index (χ4n) is 2.28. The Bertz CT molecular complexity index is 397. The van der Waals surface area contributed by atoms with Gasteiger partial charge in [0.2, 0.25) is 0 Å².